The van der Waals surface area contributed by atoms with Crippen LogP contribution in [0.1, 0.15) is 18.2 Å². The topological polar surface area (TPSA) is 74.2 Å². The fraction of sp³-hybridized carbons (Fsp3) is 0.250. The van der Waals surface area contributed by atoms with E-state index in [0.29, 0.717) is 23.7 Å². The molecule has 1 unspecified atom stereocenters. The number of urea groups is 1. The van der Waals surface area contributed by atoms with Crippen LogP contribution in [0.4, 0.5) is 28.0 Å². The maximum atomic E-state index is 14.4. The van der Waals surface area contributed by atoms with Crippen molar-refractivity contribution in [3.05, 3.63) is 56.5 Å². The Morgan fingerprint density at radius 1 is 1.25 bits per heavy atom. The van der Waals surface area contributed by atoms with Crippen molar-refractivity contribution in [1.29, 1.82) is 0 Å². The van der Waals surface area contributed by atoms with Crippen molar-refractivity contribution in [2.24, 2.45) is 0 Å². The van der Waals surface area contributed by atoms with Gasteiger partial charge in [0.1, 0.15) is 10.8 Å². The Morgan fingerprint density at radius 2 is 1.89 bits per heavy atom. The molecule has 2 amide bonds. The zero-order valence-electron chi connectivity index (χ0n) is 14.0. The molecule has 12 heteroatoms. The quantitative estimate of drug-likeness (QED) is 0.430. The highest BCUT2D eigenvalue weighted by Crippen LogP contribution is 2.44. The third kappa shape index (κ3) is 4.78. The second kappa shape index (κ2) is 8.28. The lowest BCUT2D eigenvalue weighted by Gasteiger charge is -2.28. The molecule has 0 saturated heterocycles. The molecule has 0 bridgehead atoms. The predicted molar refractivity (Wildman–Crippen MR) is 97.2 cm³/mol. The van der Waals surface area contributed by atoms with Gasteiger partial charge in [0.2, 0.25) is 0 Å². The Labute approximate surface area is 171 Å². The average molecular weight is 461 g/mol. The van der Waals surface area contributed by atoms with Gasteiger partial charge in [-0.1, -0.05) is 34.8 Å². The number of amides is 2. The van der Waals surface area contributed by atoms with E-state index in [2.05, 4.69) is 15.6 Å². The molecule has 0 aliphatic rings. The lowest BCUT2D eigenvalue weighted by Crippen LogP contribution is -2.40. The average Bonchev–Trinajstić information content (AvgIpc) is 2.60. The Bertz CT molecular complexity index is 890. The van der Waals surface area contributed by atoms with E-state index in [1.165, 1.54) is 6.20 Å². The van der Waals surface area contributed by atoms with E-state index in [1.807, 2.05) is 0 Å². The number of alkyl halides is 3. The van der Waals surface area contributed by atoms with Gasteiger partial charge in [0.25, 0.3) is 0 Å². The third-order valence-corrected chi connectivity index (χ3v) is 4.57. The molecule has 1 aromatic heterocycles. The first-order valence-corrected chi connectivity index (χ1v) is 8.60. The van der Waals surface area contributed by atoms with Gasteiger partial charge in [-0.05, 0) is 25.1 Å². The molecule has 0 aliphatic heterocycles. The summed E-state index contributed by atoms with van der Waals surface area (Å²) < 4.78 is 53.3. The normalized spacial score (nSPS) is 13.8. The number of carbonyl (C=O) groups excluding carboxylic acids is 1. The van der Waals surface area contributed by atoms with Gasteiger partial charge < -0.3 is 15.7 Å². The van der Waals surface area contributed by atoms with Crippen LogP contribution in [0, 0.1) is 5.82 Å². The highest BCUT2D eigenvalue weighted by molar-refractivity contribution is 6.40. The highest BCUT2D eigenvalue weighted by Gasteiger charge is 2.53. The molecule has 0 spiro atoms. The summed E-state index contributed by atoms with van der Waals surface area (Å²) in [7, 11) is 0. The minimum absolute atomic E-state index is 0.0262. The number of nitrogens with one attached hydrogen (secondary N) is 2. The lowest BCUT2D eigenvalue weighted by atomic mass is 9.94. The van der Waals surface area contributed by atoms with Gasteiger partial charge in [0, 0.05) is 11.8 Å². The van der Waals surface area contributed by atoms with E-state index in [4.69, 9.17) is 34.8 Å². The lowest BCUT2D eigenvalue weighted by molar-refractivity contribution is -0.259. The summed E-state index contributed by atoms with van der Waals surface area (Å²) >= 11 is 17.3. The van der Waals surface area contributed by atoms with Gasteiger partial charge in [-0.3, -0.25) is 4.98 Å². The first kappa shape index (κ1) is 22.5. The Balaban J connectivity index is 2.21. The number of benzene rings is 1. The van der Waals surface area contributed by atoms with E-state index in [1.54, 1.807) is 12.1 Å². The van der Waals surface area contributed by atoms with Gasteiger partial charge in [0.05, 0.1) is 28.0 Å². The maximum Gasteiger partial charge on any atom is 0.421 e. The van der Waals surface area contributed by atoms with Crippen molar-refractivity contribution < 1.29 is 27.5 Å². The number of nitrogens with zero attached hydrogens (tertiary/aromatic N) is 1. The van der Waals surface area contributed by atoms with Crippen molar-refractivity contribution in [1.82, 2.24) is 10.3 Å². The van der Waals surface area contributed by atoms with Crippen LogP contribution in [0.15, 0.2) is 24.4 Å². The third-order valence-electron chi connectivity index (χ3n) is 3.69. The molecule has 0 aliphatic carbocycles. The van der Waals surface area contributed by atoms with Crippen LogP contribution in [0.2, 0.25) is 15.1 Å². The first-order valence-electron chi connectivity index (χ1n) is 7.47. The number of anilines is 1. The molecule has 2 rings (SSSR count). The molecule has 0 fully saturated rings. The molecule has 1 atom stereocenters. The summed E-state index contributed by atoms with van der Waals surface area (Å²) in [4.78, 5) is 15.9. The standard InChI is InChI=1S/C16H12Cl3F4N3O2/c1-15(28,16(21,22)23)9-4-10(18)13(11(19)12(9)20)26-14(27)25-6-8-3-2-7(17)5-24-8/h2-5,28H,6H2,1H3,(H2,25,26,27). The van der Waals surface area contributed by atoms with Gasteiger partial charge in [-0.15, -0.1) is 0 Å². The Hall–Kier alpha value is -1.81. The second-order valence-corrected chi connectivity index (χ2v) is 6.98. The van der Waals surface area contributed by atoms with Crippen molar-refractivity contribution >= 4 is 46.5 Å². The summed E-state index contributed by atoms with van der Waals surface area (Å²) in [6.07, 6.45) is -3.82. The van der Waals surface area contributed by atoms with Crippen LogP contribution in [-0.4, -0.2) is 22.3 Å². The minimum Gasteiger partial charge on any atom is -0.376 e. The maximum absolute atomic E-state index is 14.4. The van der Waals surface area contributed by atoms with E-state index >= 15 is 0 Å². The van der Waals surface area contributed by atoms with Crippen LogP contribution < -0.4 is 10.6 Å². The van der Waals surface area contributed by atoms with Crippen molar-refractivity contribution in [2.45, 2.75) is 25.2 Å². The number of halogens is 7. The zero-order valence-corrected chi connectivity index (χ0v) is 16.2. The molecule has 5 nitrogen and oxygen atoms in total. The molecule has 152 valence electrons. The van der Waals surface area contributed by atoms with Crippen molar-refractivity contribution in [3.63, 3.8) is 0 Å². The Morgan fingerprint density at radius 3 is 2.43 bits per heavy atom. The second-order valence-electron chi connectivity index (χ2n) is 5.75. The summed E-state index contributed by atoms with van der Waals surface area (Å²) in [5.74, 6) is -1.57. The summed E-state index contributed by atoms with van der Waals surface area (Å²) in [6, 6.07) is 2.79. The predicted octanol–water partition coefficient (Wildman–Crippen LogP) is 5.27. The largest absolute Gasteiger partial charge is 0.421 e. The van der Waals surface area contributed by atoms with Crippen LogP contribution in [-0.2, 0) is 12.1 Å². The Kier molecular flexibility index (Phi) is 6.65. The molecular weight excluding hydrogens is 449 g/mol. The summed E-state index contributed by atoms with van der Waals surface area (Å²) in [5, 5.41) is 13.2. The monoisotopic (exact) mass is 459 g/mol. The van der Waals surface area contributed by atoms with Crippen LogP contribution >= 0.6 is 34.8 Å². The van der Waals surface area contributed by atoms with Gasteiger partial charge in [-0.2, -0.15) is 13.2 Å². The number of hydrogen-bond acceptors (Lipinski definition) is 3. The molecule has 0 radical (unpaired) electrons. The van der Waals surface area contributed by atoms with Crippen molar-refractivity contribution in [3.8, 4) is 0 Å². The van der Waals surface area contributed by atoms with Crippen molar-refractivity contribution in [2.75, 3.05) is 5.32 Å². The van der Waals surface area contributed by atoms with Gasteiger partial charge in [-0.25, -0.2) is 9.18 Å². The van der Waals surface area contributed by atoms with Gasteiger partial charge >= 0.3 is 12.2 Å². The molecule has 0 saturated carbocycles. The smallest absolute Gasteiger partial charge is 0.376 e. The van der Waals surface area contributed by atoms with Crippen LogP contribution in [0.5, 0.6) is 0 Å². The molecule has 3 N–H and O–H groups in total. The number of carbonyl (C=O) groups is 1. The molecule has 2 aromatic rings. The first-order chi connectivity index (χ1) is 12.8. The fourth-order valence-corrected chi connectivity index (χ4v) is 2.72. The van der Waals surface area contributed by atoms with E-state index in [0.717, 1.165) is 0 Å². The summed E-state index contributed by atoms with van der Waals surface area (Å²) in [5.41, 5.74) is -4.71. The molecule has 28 heavy (non-hydrogen) atoms. The minimum atomic E-state index is -5.18. The molecule has 1 aromatic carbocycles. The number of aliphatic hydroxyl groups is 1. The van der Waals surface area contributed by atoms with E-state index in [9.17, 15) is 27.5 Å². The summed E-state index contributed by atoms with van der Waals surface area (Å²) in [6.45, 7) is 0.332. The molecule has 1 heterocycles. The fourth-order valence-electron chi connectivity index (χ4n) is 2.06. The highest BCUT2D eigenvalue weighted by atomic mass is 35.5. The van der Waals surface area contributed by atoms with Crippen LogP contribution in [0.3, 0.4) is 0 Å². The SMILES string of the molecule is CC(O)(c1cc(Cl)c(NC(=O)NCc2ccc(Cl)cn2)c(Cl)c1F)C(F)(F)F. The number of pyridine rings is 1. The molecular formula is C16H12Cl3F4N3O2. The zero-order chi connectivity index (χ0) is 21.3. The number of aromatic nitrogens is 1. The number of rotatable bonds is 4. The van der Waals surface area contributed by atoms with Gasteiger partial charge in [0.15, 0.2) is 5.60 Å². The van der Waals surface area contributed by atoms with E-state index < -0.39 is 44.9 Å². The number of hydrogen-bond donors (Lipinski definition) is 3. The van der Waals surface area contributed by atoms with Crippen LogP contribution in [0.25, 0.3) is 0 Å². The van der Waals surface area contributed by atoms with E-state index in [-0.39, 0.29) is 6.54 Å².